The number of aryl methyl sites for hydroxylation is 2. The van der Waals surface area contributed by atoms with Crippen molar-refractivity contribution in [2.24, 2.45) is 11.7 Å². The van der Waals surface area contributed by atoms with E-state index in [9.17, 15) is 0 Å². The van der Waals surface area contributed by atoms with Crippen molar-refractivity contribution in [3.63, 3.8) is 0 Å². The van der Waals surface area contributed by atoms with E-state index in [2.05, 4.69) is 35.1 Å². The van der Waals surface area contributed by atoms with Gasteiger partial charge in [-0.05, 0) is 48.2 Å². The van der Waals surface area contributed by atoms with E-state index in [1.54, 1.807) is 0 Å². The van der Waals surface area contributed by atoms with Gasteiger partial charge in [0.25, 0.3) is 0 Å². The van der Waals surface area contributed by atoms with Crippen LogP contribution < -0.4 is 22.5 Å². The number of hydrogen-bond acceptors (Lipinski definition) is 4. The quantitative estimate of drug-likeness (QED) is 0.478. The van der Waals surface area contributed by atoms with Crippen LogP contribution in [0.4, 0.5) is 11.4 Å². The predicted octanol–water partition coefficient (Wildman–Crippen LogP) is 2.04. The van der Waals surface area contributed by atoms with Crippen LogP contribution in [0.1, 0.15) is 11.1 Å². The highest BCUT2D eigenvalue weighted by atomic mass is 15.2. The Morgan fingerprint density at radius 1 is 0.611 bits per heavy atom. The Hall–Kier alpha value is -2.04. The van der Waals surface area contributed by atoms with E-state index in [-0.39, 0.29) is 0 Å². The minimum atomic E-state index is 0.928. The SMILES string of the molecule is NNc1ccc(CCc2ccc(NN)cc2)cc1. The van der Waals surface area contributed by atoms with E-state index in [0.29, 0.717) is 0 Å². The molecule has 0 fully saturated rings. The zero-order chi connectivity index (χ0) is 12.8. The minimum absolute atomic E-state index is 0.928. The van der Waals surface area contributed by atoms with Crippen LogP contribution in [0.25, 0.3) is 0 Å². The van der Waals surface area contributed by atoms with Crippen molar-refractivity contribution in [2.45, 2.75) is 12.8 Å². The summed E-state index contributed by atoms with van der Waals surface area (Å²) in [6.45, 7) is 0. The first-order chi connectivity index (χ1) is 8.81. The van der Waals surface area contributed by atoms with E-state index in [4.69, 9.17) is 11.7 Å². The monoisotopic (exact) mass is 242 g/mol. The lowest BCUT2D eigenvalue weighted by molar-refractivity contribution is 0.960. The number of rotatable bonds is 5. The Morgan fingerprint density at radius 2 is 0.944 bits per heavy atom. The van der Waals surface area contributed by atoms with E-state index < -0.39 is 0 Å². The number of nitrogens with two attached hydrogens (primary N) is 2. The number of hydrogen-bond donors (Lipinski definition) is 4. The van der Waals surface area contributed by atoms with Gasteiger partial charge in [-0.1, -0.05) is 24.3 Å². The van der Waals surface area contributed by atoms with Gasteiger partial charge in [0.1, 0.15) is 0 Å². The summed E-state index contributed by atoms with van der Waals surface area (Å²) in [6.07, 6.45) is 2.03. The smallest absolute Gasteiger partial charge is 0.0485 e. The van der Waals surface area contributed by atoms with Gasteiger partial charge in [0.2, 0.25) is 0 Å². The van der Waals surface area contributed by atoms with E-state index in [1.165, 1.54) is 11.1 Å². The molecule has 0 spiro atoms. The lowest BCUT2D eigenvalue weighted by Gasteiger charge is -2.05. The molecule has 0 saturated carbocycles. The van der Waals surface area contributed by atoms with Crippen molar-refractivity contribution in [1.29, 1.82) is 0 Å². The molecule has 2 aromatic carbocycles. The molecule has 2 rings (SSSR count). The van der Waals surface area contributed by atoms with Crippen molar-refractivity contribution in [3.05, 3.63) is 59.7 Å². The Kier molecular flexibility index (Phi) is 4.17. The standard InChI is InChI=1S/C14H18N4/c15-17-13-7-3-11(4-8-13)1-2-12-5-9-14(18-16)10-6-12/h3-10,17-18H,1-2,15-16H2. The summed E-state index contributed by atoms with van der Waals surface area (Å²) < 4.78 is 0. The van der Waals surface area contributed by atoms with Crippen LogP contribution in [0.5, 0.6) is 0 Å². The highest BCUT2D eigenvalue weighted by molar-refractivity contribution is 5.44. The molecule has 0 aliphatic rings. The third-order valence-electron chi connectivity index (χ3n) is 2.94. The molecule has 94 valence electrons. The Morgan fingerprint density at radius 3 is 1.22 bits per heavy atom. The first-order valence-corrected chi connectivity index (χ1v) is 5.93. The average molecular weight is 242 g/mol. The molecule has 4 nitrogen and oxygen atoms in total. The van der Waals surface area contributed by atoms with Gasteiger partial charge in [-0.3, -0.25) is 11.7 Å². The minimum Gasteiger partial charge on any atom is -0.324 e. The molecule has 6 N–H and O–H groups in total. The van der Waals surface area contributed by atoms with E-state index >= 15 is 0 Å². The maximum atomic E-state index is 5.33. The molecular weight excluding hydrogens is 224 g/mol. The van der Waals surface area contributed by atoms with Crippen molar-refractivity contribution in [3.8, 4) is 0 Å². The van der Waals surface area contributed by atoms with Gasteiger partial charge in [-0.2, -0.15) is 0 Å². The van der Waals surface area contributed by atoms with Gasteiger partial charge in [0.15, 0.2) is 0 Å². The number of hydrazine groups is 2. The zero-order valence-corrected chi connectivity index (χ0v) is 10.2. The molecule has 4 heteroatoms. The molecule has 0 saturated heterocycles. The van der Waals surface area contributed by atoms with Gasteiger partial charge < -0.3 is 10.9 Å². The van der Waals surface area contributed by atoms with Crippen molar-refractivity contribution in [2.75, 3.05) is 10.9 Å². The van der Waals surface area contributed by atoms with Crippen LogP contribution >= 0.6 is 0 Å². The summed E-state index contributed by atoms with van der Waals surface area (Å²) in [5.74, 6) is 10.7. The van der Waals surface area contributed by atoms with Crippen LogP contribution in [-0.2, 0) is 12.8 Å². The van der Waals surface area contributed by atoms with Crippen LogP contribution in [0, 0.1) is 0 Å². The topological polar surface area (TPSA) is 76.1 Å². The van der Waals surface area contributed by atoms with Gasteiger partial charge in [0, 0.05) is 11.4 Å². The first-order valence-electron chi connectivity index (χ1n) is 5.93. The summed E-state index contributed by atoms with van der Waals surface area (Å²) in [5, 5.41) is 0. The van der Waals surface area contributed by atoms with Gasteiger partial charge in [-0.25, -0.2) is 0 Å². The van der Waals surface area contributed by atoms with Crippen LogP contribution in [0.2, 0.25) is 0 Å². The molecule has 0 aliphatic heterocycles. The molecule has 0 atom stereocenters. The second-order valence-electron chi connectivity index (χ2n) is 4.18. The van der Waals surface area contributed by atoms with Gasteiger partial charge in [0.05, 0.1) is 0 Å². The van der Waals surface area contributed by atoms with Crippen molar-refractivity contribution < 1.29 is 0 Å². The molecule has 0 radical (unpaired) electrons. The molecule has 18 heavy (non-hydrogen) atoms. The van der Waals surface area contributed by atoms with Crippen molar-refractivity contribution >= 4 is 11.4 Å². The van der Waals surface area contributed by atoms with Gasteiger partial charge >= 0.3 is 0 Å². The normalized spacial score (nSPS) is 10.1. The van der Waals surface area contributed by atoms with E-state index in [0.717, 1.165) is 24.2 Å². The Labute approximate surface area is 107 Å². The van der Waals surface area contributed by atoms with Gasteiger partial charge in [-0.15, -0.1) is 0 Å². The molecule has 0 aromatic heterocycles. The molecule has 0 bridgehead atoms. The highest BCUT2D eigenvalue weighted by Gasteiger charge is 1.97. The molecule has 0 unspecified atom stereocenters. The predicted molar refractivity (Wildman–Crippen MR) is 75.9 cm³/mol. The third kappa shape index (κ3) is 3.23. The third-order valence-corrected chi connectivity index (χ3v) is 2.94. The number of nitrogen functional groups attached to an aromatic ring is 2. The average Bonchev–Trinajstić information content (AvgIpc) is 2.46. The fourth-order valence-electron chi connectivity index (χ4n) is 1.82. The summed E-state index contributed by atoms with van der Waals surface area (Å²) in [7, 11) is 0. The lowest BCUT2D eigenvalue weighted by atomic mass is 10.0. The van der Waals surface area contributed by atoms with Crippen LogP contribution in [-0.4, -0.2) is 0 Å². The molecule has 0 heterocycles. The Balaban J connectivity index is 1.93. The molecule has 0 aliphatic carbocycles. The van der Waals surface area contributed by atoms with Crippen LogP contribution in [0.3, 0.4) is 0 Å². The van der Waals surface area contributed by atoms with E-state index in [1.807, 2.05) is 24.3 Å². The van der Waals surface area contributed by atoms with Crippen molar-refractivity contribution in [1.82, 2.24) is 0 Å². The fourth-order valence-corrected chi connectivity index (χ4v) is 1.82. The summed E-state index contributed by atoms with van der Waals surface area (Å²) in [5.41, 5.74) is 9.70. The lowest BCUT2D eigenvalue weighted by Crippen LogP contribution is -2.06. The Bertz CT molecular complexity index is 429. The zero-order valence-electron chi connectivity index (χ0n) is 10.2. The molecular formula is C14H18N4. The number of nitrogens with one attached hydrogen (secondary N) is 2. The molecule has 0 amide bonds. The maximum absolute atomic E-state index is 5.33. The van der Waals surface area contributed by atoms with Crippen LogP contribution in [0.15, 0.2) is 48.5 Å². The second-order valence-corrected chi connectivity index (χ2v) is 4.18. The summed E-state index contributed by atoms with van der Waals surface area (Å²) in [6, 6.07) is 16.3. The maximum Gasteiger partial charge on any atom is 0.0485 e. The number of benzene rings is 2. The number of anilines is 2. The first kappa shape index (κ1) is 12.4. The fraction of sp³-hybridized carbons (Fsp3) is 0.143. The summed E-state index contributed by atoms with van der Waals surface area (Å²) >= 11 is 0. The summed E-state index contributed by atoms with van der Waals surface area (Å²) in [4.78, 5) is 0. The molecule has 2 aromatic rings. The largest absolute Gasteiger partial charge is 0.324 e. The highest BCUT2D eigenvalue weighted by Crippen LogP contribution is 2.13. The second kappa shape index (κ2) is 6.05.